The number of methoxy groups -OCH3 is 1. The maximum Gasteiger partial charge on any atom is 0.293 e. The molecule has 1 aliphatic heterocycles. The average molecular weight is 542 g/mol. The minimum Gasteiger partial charge on any atom is -0.496 e. The Morgan fingerprint density at radius 3 is 2.59 bits per heavy atom. The summed E-state index contributed by atoms with van der Waals surface area (Å²) in [5, 5.41) is 4.68. The second-order valence-electron chi connectivity index (χ2n) is 11.0. The molecule has 5 rings (SSSR count). The summed E-state index contributed by atoms with van der Waals surface area (Å²) >= 11 is 0. The van der Waals surface area contributed by atoms with Gasteiger partial charge in [0.05, 0.1) is 25.0 Å². The molecule has 1 aromatic carbocycles. The van der Waals surface area contributed by atoms with E-state index in [0.29, 0.717) is 54.1 Å². The SMILES string of the molecule is COc1ccc(F)cc1[C@H](Cc1nn(C(C)(C)C(N)=O)c(=O)c2c1nc(C1CCC1)n2C)OC1CCOCC1. The van der Waals surface area contributed by atoms with Crippen molar-refractivity contribution < 1.29 is 23.4 Å². The molecule has 11 heteroatoms. The molecule has 1 saturated heterocycles. The van der Waals surface area contributed by atoms with Gasteiger partial charge in [0.2, 0.25) is 5.91 Å². The van der Waals surface area contributed by atoms with Crippen LogP contribution in [0.25, 0.3) is 11.0 Å². The number of aromatic nitrogens is 4. The van der Waals surface area contributed by atoms with Crippen molar-refractivity contribution in [1.82, 2.24) is 19.3 Å². The molecule has 0 unspecified atom stereocenters. The number of rotatable bonds is 9. The summed E-state index contributed by atoms with van der Waals surface area (Å²) < 4.78 is 35.1. The molecule has 2 fully saturated rings. The van der Waals surface area contributed by atoms with Crippen molar-refractivity contribution >= 4 is 16.9 Å². The summed E-state index contributed by atoms with van der Waals surface area (Å²) in [6.07, 6.45) is 3.89. The largest absolute Gasteiger partial charge is 0.496 e. The van der Waals surface area contributed by atoms with Crippen LogP contribution in [0, 0.1) is 5.82 Å². The summed E-state index contributed by atoms with van der Waals surface area (Å²) in [7, 11) is 3.35. The minimum absolute atomic E-state index is 0.116. The highest BCUT2D eigenvalue weighted by Crippen LogP contribution is 2.38. The third-order valence-electron chi connectivity index (χ3n) is 8.06. The number of carbonyl (C=O) groups excluding carboxylic acids is 1. The highest BCUT2D eigenvalue weighted by atomic mass is 19.1. The van der Waals surface area contributed by atoms with E-state index in [9.17, 15) is 14.0 Å². The molecule has 2 N–H and O–H groups in total. The Morgan fingerprint density at radius 2 is 1.97 bits per heavy atom. The van der Waals surface area contributed by atoms with Crippen molar-refractivity contribution in [3.63, 3.8) is 0 Å². The van der Waals surface area contributed by atoms with Gasteiger partial charge in [-0.3, -0.25) is 9.59 Å². The quantitative estimate of drug-likeness (QED) is 0.441. The molecule has 0 spiro atoms. The number of nitrogens with two attached hydrogens (primary N) is 1. The first-order valence-electron chi connectivity index (χ1n) is 13.5. The lowest BCUT2D eigenvalue weighted by molar-refractivity contribution is -0.125. The summed E-state index contributed by atoms with van der Waals surface area (Å²) in [6.45, 7) is 4.27. The Bertz CT molecular complexity index is 1440. The molecule has 2 aromatic heterocycles. The molecule has 210 valence electrons. The van der Waals surface area contributed by atoms with Crippen molar-refractivity contribution in [3.8, 4) is 5.75 Å². The second-order valence-corrected chi connectivity index (χ2v) is 11.0. The number of halogens is 1. The third kappa shape index (κ3) is 5.05. The highest BCUT2D eigenvalue weighted by molar-refractivity contribution is 5.83. The van der Waals surface area contributed by atoms with Gasteiger partial charge in [-0.15, -0.1) is 0 Å². The number of nitrogens with zero attached hydrogens (tertiary/aromatic N) is 4. The normalized spacial score (nSPS) is 17.8. The fourth-order valence-electron chi connectivity index (χ4n) is 5.34. The third-order valence-corrected chi connectivity index (χ3v) is 8.06. The van der Waals surface area contributed by atoms with Gasteiger partial charge < -0.3 is 24.5 Å². The zero-order valence-electron chi connectivity index (χ0n) is 22.9. The first kappa shape index (κ1) is 27.3. The van der Waals surface area contributed by atoms with E-state index in [0.717, 1.165) is 29.8 Å². The van der Waals surface area contributed by atoms with Gasteiger partial charge >= 0.3 is 0 Å². The number of aryl methyl sites for hydroxylation is 1. The molecule has 1 saturated carbocycles. The predicted molar refractivity (Wildman–Crippen MR) is 142 cm³/mol. The van der Waals surface area contributed by atoms with Crippen molar-refractivity contribution in [2.45, 2.75) is 76.0 Å². The lowest BCUT2D eigenvalue weighted by Crippen LogP contribution is -2.48. The molecular formula is C28H36FN5O5. The van der Waals surface area contributed by atoms with Gasteiger partial charge in [0.15, 0.2) is 0 Å². The zero-order chi connectivity index (χ0) is 27.9. The molecule has 1 aliphatic carbocycles. The number of benzene rings is 1. The maximum absolute atomic E-state index is 14.5. The molecule has 2 aliphatic rings. The number of hydrogen-bond donors (Lipinski definition) is 1. The highest BCUT2D eigenvalue weighted by Gasteiger charge is 2.35. The van der Waals surface area contributed by atoms with Crippen LogP contribution in [-0.2, 0) is 33.3 Å². The van der Waals surface area contributed by atoms with E-state index < -0.39 is 28.9 Å². The van der Waals surface area contributed by atoms with Crippen LogP contribution in [0.15, 0.2) is 23.0 Å². The number of amides is 1. The topological polar surface area (TPSA) is 123 Å². The first-order valence-corrected chi connectivity index (χ1v) is 13.5. The van der Waals surface area contributed by atoms with E-state index in [4.69, 9.17) is 24.9 Å². The van der Waals surface area contributed by atoms with Crippen molar-refractivity contribution in [2.75, 3.05) is 20.3 Å². The number of carbonyl (C=O) groups is 1. The summed E-state index contributed by atoms with van der Waals surface area (Å²) in [4.78, 5) is 31.0. The Kier molecular flexibility index (Phi) is 7.47. The average Bonchev–Trinajstić information content (AvgIpc) is 3.21. The van der Waals surface area contributed by atoms with Gasteiger partial charge in [-0.1, -0.05) is 6.42 Å². The van der Waals surface area contributed by atoms with Gasteiger partial charge in [-0.25, -0.2) is 14.1 Å². The minimum atomic E-state index is -1.39. The standard InChI is InChI=1S/C28H36FN5O5/c1-28(2,27(30)36)34-26(35)24-23(31-25(33(24)3)16-6-5-7-16)20(32-34)15-22(39-18-10-12-38-13-11-18)19-14-17(29)8-9-21(19)37-4/h8-9,14,16,18,22H,5-7,10-13,15H2,1-4H3,(H2,30,36)/t22-/m0/s1. The van der Waals surface area contributed by atoms with Gasteiger partial charge in [-0.2, -0.15) is 5.10 Å². The Labute approximate surface area is 226 Å². The summed E-state index contributed by atoms with van der Waals surface area (Å²) in [5.41, 5.74) is 5.67. The molecule has 1 atom stereocenters. The van der Waals surface area contributed by atoms with Crippen LogP contribution in [-0.4, -0.2) is 51.7 Å². The molecule has 0 radical (unpaired) electrons. The van der Waals surface area contributed by atoms with Gasteiger partial charge in [-0.05, 0) is 57.7 Å². The first-order chi connectivity index (χ1) is 18.6. The lowest BCUT2D eigenvalue weighted by atomic mass is 9.85. The van der Waals surface area contributed by atoms with Crippen LogP contribution in [0.5, 0.6) is 5.75 Å². The number of imidazole rings is 1. The fraction of sp³-hybridized carbons (Fsp3) is 0.571. The lowest BCUT2D eigenvalue weighted by Gasteiger charge is -2.29. The van der Waals surface area contributed by atoms with Crippen LogP contribution in [0.1, 0.15) is 75.1 Å². The van der Waals surface area contributed by atoms with Crippen LogP contribution in [0.3, 0.4) is 0 Å². The van der Waals surface area contributed by atoms with E-state index in [1.54, 1.807) is 19.9 Å². The van der Waals surface area contributed by atoms with Crippen molar-refractivity contribution in [3.05, 3.63) is 51.5 Å². The van der Waals surface area contributed by atoms with Gasteiger partial charge in [0.25, 0.3) is 5.56 Å². The molecule has 1 amide bonds. The van der Waals surface area contributed by atoms with E-state index in [-0.39, 0.29) is 18.4 Å². The van der Waals surface area contributed by atoms with Crippen LogP contribution in [0.4, 0.5) is 4.39 Å². The zero-order valence-corrected chi connectivity index (χ0v) is 22.9. The Hall–Kier alpha value is -3.31. The van der Waals surface area contributed by atoms with Gasteiger partial charge in [0.1, 0.15) is 34.0 Å². The number of ether oxygens (including phenoxy) is 3. The molecule has 10 nitrogen and oxygen atoms in total. The van der Waals surface area contributed by atoms with Gasteiger partial charge in [0, 0.05) is 38.2 Å². The fourth-order valence-corrected chi connectivity index (χ4v) is 5.34. The molecular weight excluding hydrogens is 505 g/mol. The number of hydrogen-bond acceptors (Lipinski definition) is 7. The van der Waals surface area contributed by atoms with Crippen LogP contribution < -0.4 is 16.0 Å². The predicted octanol–water partition coefficient (Wildman–Crippen LogP) is 3.25. The number of fused-ring (bicyclic) bond motifs is 1. The summed E-state index contributed by atoms with van der Waals surface area (Å²) in [5.74, 6) is 0.438. The van der Waals surface area contributed by atoms with Crippen LogP contribution >= 0.6 is 0 Å². The summed E-state index contributed by atoms with van der Waals surface area (Å²) in [6, 6.07) is 4.31. The van der Waals surface area contributed by atoms with Crippen LogP contribution in [0.2, 0.25) is 0 Å². The monoisotopic (exact) mass is 541 g/mol. The Morgan fingerprint density at radius 1 is 1.26 bits per heavy atom. The van der Waals surface area contributed by atoms with Crippen molar-refractivity contribution in [1.29, 1.82) is 0 Å². The maximum atomic E-state index is 14.5. The molecule has 0 bridgehead atoms. The van der Waals surface area contributed by atoms with E-state index in [1.165, 1.54) is 19.2 Å². The smallest absolute Gasteiger partial charge is 0.293 e. The molecule has 3 heterocycles. The van der Waals surface area contributed by atoms with E-state index >= 15 is 0 Å². The van der Waals surface area contributed by atoms with Crippen molar-refractivity contribution in [2.24, 2.45) is 12.8 Å². The van der Waals surface area contributed by atoms with E-state index in [2.05, 4.69) is 5.10 Å². The molecule has 39 heavy (non-hydrogen) atoms. The number of primary amides is 1. The molecule has 3 aromatic rings. The Balaban J connectivity index is 1.68. The second kappa shape index (κ2) is 10.7. The van der Waals surface area contributed by atoms with E-state index in [1.807, 2.05) is 11.6 Å².